The number of hydrogen-bond acceptors (Lipinski definition) is 3. The molecule has 1 aliphatic rings. The summed E-state index contributed by atoms with van der Waals surface area (Å²) in [5, 5.41) is 14.9. The highest BCUT2D eigenvalue weighted by molar-refractivity contribution is 5.85. The van der Waals surface area contributed by atoms with E-state index in [0.29, 0.717) is 25.7 Å². The van der Waals surface area contributed by atoms with Crippen LogP contribution < -0.4 is 10.6 Å². The van der Waals surface area contributed by atoms with Gasteiger partial charge in [0.15, 0.2) is 0 Å². The van der Waals surface area contributed by atoms with Gasteiger partial charge in [-0.05, 0) is 31.7 Å². The minimum absolute atomic E-state index is 0.116. The predicted molar refractivity (Wildman–Crippen MR) is 103 cm³/mol. The lowest BCUT2D eigenvalue weighted by atomic mass is 9.87. The van der Waals surface area contributed by atoms with Gasteiger partial charge in [0.1, 0.15) is 0 Å². The van der Waals surface area contributed by atoms with Crippen LogP contribution in [0.25, 0.3) is 0 Å². The number of carbonyl (C=O) groups excluding carboxylic acids is 2. The zero-order valence-corrected chi connectivity index (χ0v) is 16.0. The molecule has 0 heterocycles. The van der Waals surface area contributed by atoms with Crippen molar-refractivity contribution >= 4 is 17.8 Å². The third kappa shape index (κ3) is 7.41. The van der Waals surface area contributed by atoms with Crippen LogP contribution in [0.4, 0.5) is 0 Å². The second kappa shape index (κ2) is 10.7. The van der Waals surface area contributed by atoms with Gasteiger partial charge in [0, 0.05) is 12.5 Å². The Morgan fingerprint density at radius 3 is 2.33 bits per heavy atom. The van der Waals surface area contributed by atoms with E-state index in [4.69, 9.17) is 0 Å². The minimum Gasteiger partial charge on any atom is -0.481 e. The molecule has 0 spiro atoms. The SMILES string of the molecule is Cc1ccc(CCC(=O)NCC(=O)NC2CCCCCCC2C(=O)O)cc1. The average Bonchev–Trinajstić information content (AvgIpc) is 2.61. The summed E-state index contributed by atoms with van der Waals surface area (Å²) in [6.07, 6.45) is 6.09. The topological polar surface area (TPSA) is 95.5 Å². The molecule has 0 aliphatic heterocycles. The highest BCUT2D eigenvalue weighted by atomic mass is 16.4. The molecule has 1 aromatic rings. The number of nitrogens with one attached hydrogen (secondary N) is 2. The molecule has 1 saturated carbocycles. The van der Waals surface area contributed by atoms with E-state index in [2.05, 4.69) is 10.6 Å². The van der Waals surface area contributed by atoms with Gasteiger partial charge in [0.2, 0.25) is 11.8 Å². The Balaban J connectivity index is 1.75. The molecule has 27 heavy (non-hydrogen) atoms. The molecule has 148 valence electrons. The molecule has 1 aliphatic carbocycles. The Kier molecular flexibility index (Phi) is 8.30. The third-order valence-electron chi connectivity index (χ3n) is 5.14. The number of carboxylic acid groups (broad SMARTS) is 1. The summed E-state index contributed by atoms with van der Waals surface area (Å²) in [4.78, 5) is 35.6. The number of carboxylic acids is 1. The number of benzene rings is 1. The predicted octanol–water partition coefficient (Wildman–Crippen LogP) is 2.58. The molecule has 6 heteroatoms. The van der Waals surface area contributed by atoms with Crippen molar-refractivity contribution in [2.75, 3.05) is 6.54 Å². The number of amides is 2. The van der Waals surface area contributed by atoms with Gasteiger partial charge >= 0.3 is 5.97 Å². The molecule has 0 bridgehead atoms. The van der Waals surface area contributed by atoms with Gasteiger partial charge in [-0.3, -0.25) is 14.4 Å². The fraction of sp³-hybridized carbons (Fsp3) is 0.571. The number of aliphatic carboxylic acids is 1. The van der Waals surface area contributed by atoms with E-state index >= 15 is 0 Å². The second-order valence-electron chi connectivity index (χ2n) is 7.37. The van der Waals surface area contributed by atoms with Crippen molar-refractivity contribution in [3.63, 3.8) is 0 Å². The molecule has 0 saturated heterocycles. The molecule has 3 N–H and O–H groups in total. The first kappa shape index (κ1) is 20.9. The van der Waals surface area contributed by atoms with Crippen molar-refractivity contribution in [3.05, 3.63) is 35.4 Å². The van der Waals surface area contributed by atoms with Crippen LogP contribution in [0, 0.1) is 12.8 Å². The number of aryl methyl sites for hydroxylation is 2. The number of rotatable bonds is 7. The van der Waals surface area contributed by atoms with E-state index in [9.17, 15) is 19.5 Å². The van der Waals surface area contributed by atoms with Gasteiger partial charge in [0.25, 0.3) is 0 Å². The minimum atomic E-state index is -0.857. The summed E-state index contributed by atoms with van der Waals surface area (Å²) in [5.74, 6) is -1.91. The van der Waals surface area contributed by atoms with E-state index in [1.807, 2.05) is 31.2 Å². The first-order valence-electron chi connectivity index (χ1n) is 9.80. The van der Waals surface area contributed by atoms with E-state index in [1.165, 1.54) is 5.56 Å². The quantitative estimate of drug-likeness (QED) is 0.683. The van der Waals surface area contributed by atoms with Crippen molar-refractivity contribution < 1.29 is 19.5 Å². The molecule has 1 fully saturated rings. The normalized spacial score (nSPS) is 20.2. The van der Waals surface area contributed by atoms with Crippen molar-refractivity contribution in [1.29, 1.82) is 0 Å². The third-order valence-corrected chi connectivity index (χ3v) is 5.14. The Morgan fingerprint density at radius 2 is 1.67 bits per heavy atom. The molecule has 2 unspecified atom stereocenters. The Bertz CT molecular complexity index is 642. The van der Waals surface area contributed by atoms with Crippen LogP contribution in [0.3, 0.4) is 0 Å². The summed E-state index contributed by atoms with van der Waals surface area (Å²) in [5.41, 5.74) is 2.26. The second-order valence-corrected chi connectivity index (χ2v) is 7.37. The van der Waals surface area contributed by atoms with Gasteiger partial charge in [-0.25, -0.2) is 0 Å². The largest absolute Gasteiger partial charge is 0.481 e. The lowest BCUT2D eigenvalue weighted by molar-refractivity contribution is -0.143. The smallest absolute Gasteiger partial charge is 0.308 e. The average molecular weight is 374 g/mol. The van der Waals surface area contributed by atoms with Crippen molar-refractivity contribution in [1.82, 2.24) is 10.6 Å². The Hall–Kier alpha value is -2.37. The maximum Gasteiger partial charge on any atom is 0.308 e. The zero-order chi connectivity index (χ0) is 19.6. The van der Waals surface area contributed by atoms with Crippen molar-refractivity contribution in [2.24, 2.45) is 5.92 Å². The molecule has 2 rings (SSSR count). The molecular formula is C21H30N2O4. The maximum absolute atomic E-state index is 12.2. The van der Waals surface area contributed by atoms with Crippen LogP contribution in [-0.2, 0) is 20.8 Å². The number of hydrogen-bond donors (Lipinski definition) is 3. The Labute approximate surface area is 160 Å². The first-order chi connectivity index (χ1) is 13.0. The summed E-state index contributed by atoms with van der Waals surface area (Å²) >= 11 is 0. The lowest BCUT2D eigenvalue weighted by Crippen LogP contribution is -2.47. The molecular weight excluding hydrogens is 344 g/mol. The van der Waals surface area contributed by atoms with Gasteiger partial charge in [-0.15, -0.1) is 0 Å². The lowest BCUT2D eigenvalue weighted by Gasteiger charge is -2.27. The molecule has 1 aromatic carbocycles. The number of carbonyl (C=O) groups is 3. The first-order valence-corrected chi connectivity index (χ1v) is 9.80. The zero-order valence-electron chi connectivity index (χ0n) is 16.0. The standard InChI is InChI=1S/C21H30N2O4/c1-15-8-10-16(11-9-15)12-13-19(24)22-14-20(25)23-18-7-5-3-2-4-6-17(18)21(26)27/h8-11,17-18H,2-7,12-14H2,1H3,(H,22,24)(H,23,25)(H,26,27). The van der Waals surface area contributed by atoms with Crippen LogP contribution in [0.2, 0.25) is 0 Å². The van der Waals surface area contributed by atoms with Gasteiger partial charge < -0.3 is 15.7 Å². The molecule has 0 aromatic heterocycles. The van der Waals surface area contributed by atoms with E-state index < -0.39 is 11.9 Å². The van der Waals surface area contributed by atoms with Crippen LogP contribution in [0.1, 0.15) is 56.1 Å². The summed E-state index contributed by atoms with van der Waals surface area (Å²) in [7, 11) is 0. The molecule has 6 nitrogen and oxygen atoms in total. The summed E-state index contributed by atoms with van der Waals surface area (Å²) in [6.45, 7) is 1.90. The van der Waals surface area contributed by atoms with Crippen LogP contribution >= 0.6 is 0 Å². The molecule has 0 radical (unpaired) electrons. The highest BCUT2D eigenvalue weighted by Crippen LogP contribution is 2.23. The molecule has 2 atom stereocenters. The van der Waals surface area contributed by atoms with Crippen LogP contribution in [-0.4, -0.2) is 35.5 Å². The van der Waals surface area contributed by atoms with E-state index in [-0.39, 0.29) is 24.4 Å². The van der Waals surface area contributed by atoms with Gasteiger partial charge in [0.05, 0.1) is 12.5 Å². The summed E-state index contributed by atoms with van der Waals surface area (Å²) in [6, 6.07) is 7.65. The van der Waals surface area contributed by atoms with E-state index in [0.717, 1.165) is 31.2 Å². The highest BCUT2D eigenvalue weighted by Gasteiger charge is 2.29. The van der Waals surface area contributed by atoms with Gasteiger partial charge in [-0.2, -0.15) is 0 Å². The fourth-order valence-corrected chi connectivity index (χ4v) is 3.49. The van der Waals surface area contributed by atoms with Crippen LogP contribution in [0.15, 0.2) is 24.3 Å². The summed E-state index contributed by atoms with van der Waals surface area (Å²) < 4.78 is 0. The Morgan fingerprint density at radius 1 is 1.00 bits per heavy atom. The monoisotopic (exact) mass is 374 g/mol. The fourth-order valence-electron chi connectivity index (χ4n) is 3.49. The van der Waals surface area contributed by atoms with Crippen LogP contribution in [0.5, 0.6) is 0 Å². The van der Waals surface area contributed by atoms with Gasteiger partial charge in [-0.1, -0.05) is 55.5 Å². The van der Waals surface area contributed by atoms with E-state index in [1.54, 1.807) is 0 Å². The van der Waals surface area contributed by atoms with Crippen molar-refractivity contribution in [3.8, 4) is 0 Å². The molecule has 2 amide bonds. The van der Waals surface area contributed by atoms with Crippen molar-refractivity contribution in [2.45, 2.75) is 64.3 Å². The maximum atomic E-state index is 12.2.